The Morgan fingerprint density at radius 3 is 2.52 bits per heavy atom. The number of esters is 1. The van der Waals surface area contributed by atoms with E-state index in [0.717, 1.165) is 36.0 Å². The summed E-state index contributed by atoms with van der Waals surface area (Å²) >= 11 is 0. The molecule has 0 bridgehead atoms. The smallest absolute Gasteiger partial charge is 0.305 e. The zero-order chi connectivity index (χ0) is 19.2. The lowest BCUT2D eigenvalue weighted by Crippen LogP contribution is -2.53. The van der Waals surface area contributed by atoms with Gasteiger partial charge in [0.25, 0.3) is 0 Å². The van der Waals surface area contributed by atoms with Gasteiger partial charge < -0.3 is 4.74 Å². The molecule has 0 N–H and O–H groups in total. The van der Waals surface area contributed by atoms with Gasteiger partial charge in [0, 0.05) is 6.42 Å². The van der Waals surface area contributed by atoms with Gasteiger partial charge in [-0.1, -0.05) is 33.6 Å². The Morgan fingerprint density at radius 1 is 0.963 bits per heavy atom. The van der Waals surface area contributed by atoms with Crippen LogP contribution in [0.3, 0.4) is 0 Å². The van der Waals surface area contributed by atoms with Crippen LogP contribution in [0.1, 0.15) is 97.8 Å². The van der Waals surface area contributed by atoms with Crippen molar-refractivity contribution >= 4 is 5.97 Å². The zero-order valence-electron chi connectivity index (χ0n) is 18.3. The third kappa shape index (κ3) is 3.18. The fraction of sp³-hybridized carbons (Fsp3) is 0.960. The van der Waals surface area contributed by atoms with Crippen molar-refractivity contribution in [1.82, 2.24) is 0 Å². The first kappa shape index (κ1) is 19.8. The maximum atomic E-state index is 11.6. The monoisotopic (exact) mass is 374 g/mol. The van der Waals surface area contributed by atoms with Crippen LogP contribution in [-0.2, 0) is 9.53 Å². The highest BCUT2D eigenvalue weighted by Gasteiger charge is 2.60. The van der Waals surface area contributed by atoms with Crippen LogP contribution in [0.15, 0.2) is 0 Å². The van der Waals surface area contributed by atoms with Crippen molar-refractivity contribution in [1.29, 1.82) is 0 Å². The Labute approximate surface area is 167 Å². The molecular weight excluding hydrogens is 332 g/mol. The Bertz CT molecular complexity index is 557. The zero-order valence-corrected chi connectivity index (χ0v) is 18.3. The predicted molar refractivity (Wildman–Crippen MR) is 110 cm³/mol. The van der Waals surface area contributed by atoms with E-state index in [1.54, 1.807) is 0 Å². The maximum absolute atomic E-state index is 11.6. The van der Waals surface area contributed by atoms with Gasteiger partial charge in [0.15, 0.2) is 0 Å². The van der Waals surface area contributed by atoms with E-state index >= 15 is 0 Å². The van der Waals surface area contributed by atoms with Crippen LogP contribution in [0.25, 0.3) is 0 Å². The van der Waals surface area contributed by atoms with Crippen LogP contribution >= 0.6 is 0 Å². The summed E-state index contributed by atoms with van der Waals surface area (Å²) in [5.41, 5.74) is 1.17. The second-order valence-electron chi connectivity index (χ2n) is 11.2. The van der Waals surface area contributed by atoms with Gasteiger partial charge in [0.05, 0.1) is 7.11 Å². The molecule has 8 atom stereocenters. The van der Waals surface area contributed by atoms with Gasteiger partial charge in [-0.05, 0) is 104 Å². The largest absolute Gasteiger partial charge is 0.469 e. The number of hydrogen-bond acceptors (Lipinski definition) is 2. The van der Waals surface area contributed by atoms with Gasteiger partial charge in [-0.25, -0.2) is 0 Å². The summed E-state index contributed by atoms with van der Waals surface area (Å²) < 4.78 is 4.89. The van der Waals surface area contributed by atoms with E-state index in [1.807, 2.05) is 0 Å². The van der Waals surface area contributed by atoms with Crippen molar-refractivity contribution in [3.05, 3.63) is 0 Å². The highest BCUT2D eigenvalue weighted by molar-refractivity contribution is 5.69. The minimum absolute atomic E-state index is 0.0335. The van der Waals surface area contributed by atoms with Crippen molar-refractivity contribution in [2.45, 2.75) is 97.8 Å². The molecular formula is C25H42O2. The normalized spacial score (nSPS) is 47.5. The predicted octanol–water partition coefficient (Wildman–Crippen LogP) is 6.62. The molecule has 0 aliphatic heterocycles. The first-order chi connectivity index (χ1) is 12.9. The molecule has 27 heavy (non-hydrogen) atoms. The molecule has 0 amide bonds. The second kappa shape index (κ2) is 7.38. The van der Waals surface area contributed by atoms with Crippen LogP contribution in [0.2, 0.25) is 0 Å². The Hall–Kier alpha value is -0.530. The molecule has 0 heterocycles. The van der Waals surface area contributed by atoms with E-state index in [9.17, 15) is 4.79 Å². The van der Waals surface area contributed by atoms with Gasteiger partial charge in [-0.15, -0.1) is 0 Å². The lowest BCUT2D eigenvalue weighted by molar-refractivity contribution is -0.141. The summed E-state index contributed by atoms with van der Waals surface area (Å²) in [4.78, 5) is 11.6. The third-order valence-electron chi connectivity index (χ3n) is 10.4. The Balaban J connectivity index is 1.49. The number of carbonyl (C=O) groups is 1. The van der Waals surface area contributed by atoms with Crippen LogP contribution in [0.5, 0.6) is 0 Å². The fourth-order valence-corrected chi connectivity index (χ4v) is 8.92. The van der Waals surface area contributed by atoms with E-state index < -0.39 is 0 Å². The Morgan fingerprint density at radius 2 is 1.74 bits per heavy atom. The molecule has 5 unspecified atom stereocenters. The van der Waals surface area contributed by atoms with Crippen molar-refractivity contribution < 1.29 is 9.53 Å². The first-order valence-electron chi connectivity index (χ1n) is 12.0. The third-order valence-corrected chi connectivity index (χ3v) is 10.4. The SMILES string of the molecule is COC(=O)CC[C@@H](C)C1CCC2C3CCC4CCCC[C@]4(C)C3CC[C@@]21C. The summed E-state index contributed by atoms with van der Waals surface area (Å²) in [6.45, 7) is 7.73. The van der Waals surface area contributed by atoms with Crippen LogP contribution in [0, 0.1) is 46.3 Å². The van der Waals surface area contributed by atoms with Gasteiger partial charge in [0.2, 0.25) is 0 Å². The van der Waals surface area contributed by atoms with E-state index in [4.69, 9.17) is 4.74 Å². The minimum Gasteiger partial charge on any atom is -0.469 e. The summed E-state index contributed by atoms with van der Waals surface area (Å²) in [6.07, 6.45) is 16.4. The molecule has 0 saturated heterocycles. The van der Waals surface area contributed by atoms with Crippen molar-refractivity contribution in [3.8, 4) is 0 Å². The molecule has 2 nitrogen and oxygen atoms in total. The van der Waals surface area contributed by atoms with Gasteiger partial charge >= 0.3 is 5.97 Å². The molecule has 2 heteroatoms. The quantitative estimate of drug-likeness (QED) is 0.517. The first-order valence-corrected chi connectivity index (χ1v) is 12.0. The van der Waals surface area contributed by atoms with Crippen LogP contribution < -0.4 is 0 Å². The lowest BCUT2D eigenvalue weighted by atomic mass is 9.44. The lowest BCUT2D eigenvalue weighted by Gasteiger charge is -2.61. The molecule has 4 fully saturated rings. The molecule has 0 aromatic carbocycles. The summed E-state index contributed by atoms with van der Waals surface area (Å²) in [7, 11) is 1.52. The van der Waals surface area contributed by atoms with Crippen molar-refractivity contribution in [3.63, 3.8) is 0 Å². The fourth-order valence-electron chi connectivity index (χ4n) is 8.92. The Kier molecular flexibility index (Phi) is 5.40. The summed E-state index contributed by atoms with van der Waals surface area (Å²) in [6, 6.07) is 0. The number of ether oxygens (including phenoxy) is 1. The van der Waals surface area contributed by atoms with Crippen LogP contribution in [-0.4, -0.2) is 13.1 Å². The molecule has 154 valence electrons. The van der Waals surface area contributed by atoms with E-state index in [2.05, 4.69) is 20.8 Å². The van der Waals surface area contributed by atoms with Gasteiger partial charge in [0.1, 0.15) is 0 Å². The second-order valence-corrected chi connectivity index (χ2v) is 11.2. The van der Waals surface area contributed by atoms with E-state index in [0.29, 0.717) is 23.2 Å². The average Bonchev–Trinajstić information content (AvgIpc) is 3.02. The standard InChI is InChI=1S/C25H42O2/c1-17(8-13-23(26)27-4)20-11-12-21-19-10-9-18-7-5-6-15-24(18,2)22(19)14-16-25(20,21)3/h17-22H,5-16H2,1-4H3/t17-,18?,19?,20?,21?,22?,24+,25-/m1/s1. The molecule has 0 aromatic rings. The van der Waals surface area contributed by atoms with Crippen LogP contribution in [0.4, 0.5) is 0 Å². The molecule has 4 aliphatic rings. The highest BCUT2D eigenvalue weighted by Crippen LogP contribution is 2.68. The molecule has 4 aliphatic carbocycles. The molecule has 0 aromatic heterocycles. The number of carbonyl (C=O) groups excluding carboxylic acids is 1. The number of fused-ring (bicyclic) bond motifs is 5. The van der Waals surface area contributed by atoms with Gasteiger partial charge in [-0.2, -0.15) is 0 Å². The topological polar surface area (TPSA) is 26.3 Å². The van der Waals surface area contributed by atoms with E-state index in [1.165, 1.54) is 71.3 Å². The number of methoxy groups -OCH3 is 1. The summed E-state index contributed by atoms with van der Waals surface area (Å²) in [5.74, 6) is 5.38. The molecule has 4 rings (SSSR count). The van der Waals surface area contributed by atoms with Crippen molar-refractivity contribution in [2.75, 3.05) is 7.11 Å². The number of hydrogen-bond donors (Lipinski definition) is 0. The number of rotatable bonds is 4. The summed E-state index contributed by atoms with van der Waals surface area (Å²) in [5, 5.41) is 0. The van der Waals surface area contributed by atoms with Crippen molar-refractivity contribution in [2.24, 2.45) is 46.3 Å². The average molecular weight is 375 g/mol. The highest BCUT2D eigenvalue weighted by atomic mass is 16.5. The maximum Gasteiger partial charge on any atom is 0.305 e. The van der Waals surface area contributed by atoms with Gasteiger partial charge in [-0.3, -0.25) is 4.79 Å². The minimum atomic E-state index is -0.0335. The molecule has 0 radical (unpaired) electrons. The van der Waals surface area contributed by atoms with E-state index in [-0.39, 0.29) is 5.97 Å². The molecule has 4 saturated carbocycles. The molecule has 0 spiro atoms.